The molecule has 2 aromatic heterocycles. The monoisotopic (exact) mass is 383 g/mol. The van der Waals surface area contributed by atoms with Crippen LogP contribution in [0, 0.1) is 0 Å². The van der Waals surface area contributed by atoms with Crippen LogP contribution in [-0.4, -0.2) is 35.7 Å². The SMILES string of the molecule is COC(=O)c1ccc2c(c1)CCN2C(=O)CCc1nc(-c2ccsc2)no1. The van der Waals surface area contributed by atoms with Crippen molar-refractivity contribution < 1.29 is 18.8 Å². The first kappa shape index (κ1) is 17.4. The number of esters is 1. The van der Waals surface area contributed by atoms with Crippen molar-refractivity contribution in [2.24, 2.45) is 0 Å². The average molecular weight is 383 g/mol. The fourth-order valence-electron chi connectivity index (χ4n) is 3.12. The van der Waals surface area contributed by atoms with Crippen molar-refractivity contribution in [3.63, 3.8) is 0 Å². The van der Waals surface area contributed by atoms with Crippen molar-refractivity contribution in [2.75, 3.05) is 18.6 Å². The van der Waals surface area contributed by atoms with Crippen LogP contribution in [0.3, 0.4) is 0 Å². The molecule has 0 unspecified atom stereocenters. The zero-order chi connectivity index (χ0) is 18.8. The molecule has 1 aliphatic heterocycles. The fourth-order valence-corrected chi connectivity index (χ4v) is 3.75. The molecule has 138 valence electrons. The molecule has 0 N–H and O–H groups in total. The summed E-state index contributed by atoms with van der Waals surface area (Å²) in [6, 6.07) is 7.20. The van der Waals surface area contributed by atoms with Crippen LogP contribution in [0.4, 0.5) is 5.69 Å². The molecule has 27 heavy (non-hydrogen) atoms. The van der Waals surface area contributed by atoms with Crippen molar-refractivity contribution in [2.45, 2.75) is 19.3 Å². The first-order chi connectivity index (χ1) is 13.2. The number of nitrogens with zero attached hydrogens (tertiary/aromatic N) is 3. The predicted molar refractivity (Wildman–Crippen MR) is 99.8 cm³/mol. The summed E-state index contributed by atoms with van der Waals surface area (Å²) < 4.78 is 9.99. The quantitative estimate of drug-likeness (QED) is 0.630. The Kier molecular flexibility index (Phi) is 4.72. The van der Waals surface area contributed by atoms with E-state index in [0.29, 0.717) is 30.2 Å². The van der Waals surface area contributed by atoms with Gasteiger partial charge in [0.25, 0.3) is 0 Å². The number of hydrogen-bond donors (Lipinski definition) is 0. The number of methoxy groups -OCH3 is 1. The molecule has 0 radical (unpaired) electrons. The van der Waals surface area contributed by atoms with E-state index in [9.17, 15) is 9.59 Å². The van der Waals surface area contributed by atoms with E-state index in [0.717, 1.165) is 23.2 Å². The molecule has 0 fully saturated rings. The minimum Gasteiger partial charge on any atom is -0.465 e. The van der Waals surface area contributed by atoms with Crippen molar-refractivity contribution in [1.82, 2.24) is 10.1 Å². The third kappa shape index (κ3) is 3.48. The van der Waals surface area contributed by atoms with Gasteiger partial charge in [-0.3, -0.25) is 4.79 Å². The first-order valence-electron chi connectivity index (χ1n) is 8.52. The maximum Gasteiger partial charge on any atom is 0.337 e. The zero-order valence-electron chi connectivity index (χ0n) is 14.7. The van der Waals surface area contributed by atoms with Crippen LogP contribution in [0.15, 0.2) is 39.5 Å². The molecule has 0 aliphatic carbocycles. The molecule has 0 atom stereocenters. The molecule has 7 nitrogen and oxygen atoms in total. The highest BCUT2D eigenvalue weighted by Crippen LogP contribution is 2.30. The van der Waals surface area contributed by atoms with E-state index in [2.05, 4.69) is 10.1 Å². The zero-order valence-corrected chi connectivity index (χ0v) is 15.5. The summed E-state index contributed by atoms with van der Waals surface area (Å²) in [5.41, 5.74) is 3.23. The predicted octanol–water partition coefficient (Wildman–Crippen LogP) is 3.11. The molecule has 1 amide bonds. The fraction of sp³-hybridized carbons (Fsp3) is 0.263. The van der Waals surface area contributed by atoms with Crippen molar-refractivity contribution in [1.29, 1.82) is 0 Å². The number of benzene rings is 1. The molecule has 0 bridgehead atoms. The molecule has 0 spiro atoms. The van der Waals surface area contributed by atoms with Crippen LogP contribution in [-0.2, 0) is 22.4 Å². The molecule has 1 aliphatic rings. The maximum atomic E-state index is 12.6. The topological polar surface area (TPSA) is 85.5 Å². The third-order valence-corrected chi connectivity index (χ3v) is 5.18. The van der Waals surface area contributed by atoms with E-state index < -0.39 is 0 Å². The Bertz CT molecular complexity index is 981. The Balaban J connectivity index is 1.41. The van der Waals surface area contributed by atoms with Gasteiger partial charge in [0.05, 0.1) is 12.7 Å². The lowest BCUT2D eigenvalue weighted by Crippen LogP contribution is -2.29. The van der Waals surface area contributed by atoms with Gasteiger partial charge >= 0.3 is 5.97 Å². The minimum atomic E-state index is -0.375. The van der Waals surface area contributed by atoms with Gasteiger partial charge < -0.3 is 14.2 Å². The summed E-state index contributed by atoms with van der Waals surface area (Å²) in [6.07, 6.45) is 1.39. The number of rotatable bonds is 5. The molecular formula is C19H17N3O4S. The van der Waals surface area contributed by atoms with Gasteiger partial charge in [-0.25, -0.2) is 4.79 Å². The van der Waals surface area contributed by atoms with Crippen LogP contribution >= 0.6 is 11.3 Å². The van der Waals surface area contributed by atoms with E-state index in [1.165, 1.54) is 7.11 Å². The van der Waals surface area contributed by atoms with E-state index in [1.54, 1.807) is 34.4 Å². The number of hydrogen-bond acceptors (Lipinski definition) is 7. The number of ether oxygens (including phenoxy) is 1. The number of carbonyl (C=O) groups is 2. The van der Waals surface area contributed by atoms with Gasteiger partial charge in [0.1, 0.15) is 0 Å². The molecule has 0 saturated heterocycles. The van der Waals surface area contributed by atoms with Crippen LogP contribution in [0.2, 0.25) is 0 Å². The maximum absolute atomic E-state index is 12.6. The van der Waals surface area contributed by atoms with Gasteiger partial charge in [0.15, 0.2) is 0 Å². The third-order valence-electron chi connectivity index (χ3n) is 4.50. The second-order valence-electron chi connectivity index (χ2n) is 6.15. The van der Waals surface area contributed by atoms with Gasteiger partial charge in [-0.05, 0) is 41.6 Å². The van der Waals surface area contributed by atoms with Gasteiger partial charge in [0, 0.05) is 36.0 Å². The van der Waals surface area contributed by atoms with Gasteiger partial charge in [-0.15, -0.1) is 0 Å². The minimum absolute atomic E-state index is 0.00477. The molecule has 8 heteroatoms. The lowest BCUT2D eigenvalue weighted by atomic mass is 10.1. The molecular weight excluding hydrogens is 366 g/mol. The standard InChI is InChI=1S/C19H17N3O4S/c1-25-19(24)13-2-3-15-12(10-13)6-8-22(15)17(23)5-4-16-20-18(21-26-16)14-7-9-27-11-14/h2-3,7,9-11H,4-6,8H2,1H3. The van der Waals surface area contributed by atoms with E-state index >= 15 is 0 Å². The van der Waals surface area contributed by atoms with E-state index in [1.807, 2.05) is 16.8 Å². The summed E-state index contributed by atoms with van der Waals surface area (Å²) >= 11 is 1.56. The van der Waals surface area contributed by atoms with Crippen molar-refractivity contribution in [3.05, 3.63) is 52.0 Å². The lowest BCUT2D eigenvalue weighted by molar-refractivity contribution is -0.118. The molecule has 1 aromatic carbocycles. The highest BCUT2D eigenvalue weighted by Gasteiger charge is 2.26. The Morgan fingerprint density at radius 2 is 2.22 bits per heavy atom. The second-order valence-corrected chi connectivity index (χ2v) is 6.93. The Labute approximate surface area is 159 Å². The van der Waals surface area contributed by atoms with Gasteiger partial charge in [0.2, 0.25) is 17.6 Å². The molecule has 0 saturated carbocycles. The van der Waals surface area contributed by atoms with Crippen molar-refractivity contribution >= 4 is 28.9 Å². The normalized spacial score (nSPS) is 12.9. The summed E-state index contributed by atoms with van der Waals surface area (Å²) in [7, 11) is 1.35. The van der Waals surface area contributed by atoms with Crippen LogP contribution < -0.4 is 4.90 Å². The van der Waals surface area contributed by atoms with Gasteiger partial charge in [-0.2, -0.15) is 16.3 Å². The summed E-state index contributed by atoms with van der Waals surface area (Å²) in [6.45, 7) is 0.600. The van der Waals surface area contributed by atoms with Crippen molar-refractivity contribution in [3.8, 4) is 11.4 Å². The highest BCUT2D eigenvalue weighted by molar-refractivity contribution is 7.08. The number of anilines is 1. The van der Waals surface area contributed by atoms with E-state index in [-0.39, 0.29) is 18.3 Å². The Morgan fingerprint density at radius 3 is 3.00 bits per heavy atom. The van der Waals surface area contributed by atoms with Crippen LogP contribution in [0.25, 0.3) is 11.4 Å². The average Bonchev–Trinajstić information content (AvgIpc) is 3.44. The summed E-state index contributed by atoms with van der Waals surface area (Å²) in [5.74, 6) is 0.612. The van der Waals surface area contributed by atoms with Gasteiger partial charge in [-0.1, -0.05) is 5.16 Å². The largest absolute Gasteiger partial charge is 0.465 e. The smallest absolute Gasteiger partial charge is 0.337 e. The van der Waals surface area contributed by atoms with Crippen LogP contribution in [0.1, 0.15) is 28.2 Å². The first-order valence-corrected chi connectivity index (χ1v) is 9.47. The Hall–Kier alpha value is -3.00. The number of carbonyl (C=O) groups excluding carboxylic acids is 2. The van der Waals surface area contributed by atoms with Crippen LogP contribution in [0.5, 0.6) is 0 Å². The number of fused-ring (bicyclic) bond motifs is 1. The molecule has 4 rings (SSSR count). The van der Waals surface area contributed by atoms with E-state index in [4.69, 9.17) is 9.26 Å². The lowest BCUT2D eigenvalue weighted by Gasteiger charge is -2.17. The summed E-state index contributed by atoms with van der Waals surface area (Å²) in [5, 5.41) is 7.85. The Morgan fingerprint density at radius 1 is 1.33 bits per heavy atom. The molecule has 3 aromatic rings. The highest BCUT2D eigenvalue weighted by atomic mass is 32.1. The summed E-state index contributed by atoms with van der Waals surface area (Å²) in [4.78, 5) is 30.4. The number of thiophene rings is 1. The number of aromatic nitrogens is 2. The number of aryl methyl sites for hydroxylation is 1. The number of amides is 1. The second kappa shape index (κ2) is 7.32. The molecule has 3 heterocycles.